The number of piperidine rings is 1. The van der Waals surface area contributed by atoms with Crippen LogP contribution < -0.4 is 0 Å². The normalized spacial score (nSPS) is 26.6. The Morgan fingerprint density at radius 3 is 2.64 bits per heavy atom. The number of hydrogen-bond donors (Lipinski definition) is 1. The molecule has 8 nitrogen and oxygen atoms in total. The highest BCUT2D eigenvalue weighted by Crippen LogP contribution is 2.32. The highest BCUT2D eigenvalue weighted by molar-refractivity contribution is 5.76. The molecule has 0 spiro atoms. The molecule has 2 amide bonds. The molecule has 28 heavy (non-hydrogen) atoms. The molecule has 1 aromatic rings. The van der Waals surface area contributed by atoms with E-state index in [0.29, 0.717) is 13.1 Å². The lowest BCUT2D eigenvalue weighted by Gasteiger charge is -2.38. The van der Waals surface area contributed by atoms with E-state index in [4.69, 9.17) is 4.74 Å². The standard InChI is InChI=1S/C20H31N5O3/c1-13(26)24-11-16-17(12-24)28-19(27)25(16)15-5-7-23(8-6-15)10-14-9-21-22-18(14)20(2,3)4/h9,15-17H,5-8,10-12H2,1-4H3,(H,21,22)/t16-,17+/m1/s1. The van der Waals surface area contributed by atoms with Crippen molar-refractivity contribution in [2.24, 2.45) is 0 Å². The van der Waals surface area contributed by atoms with Crippen molar-refractivity contribution in [3.63, 3.8) is 0 Å². The Bertz CT molecular complexity index is 747. The van der Waals surface area contributed by atoms with Gasteiger partial charge in [-0.2, -0.15) is 5.10 Å². The second-order valence-electron chi connectivity index (χ2n) is 9.35. The number of ether oxygens (including phenoxy) is 1. The summed E-state index contributed by atoms with van der Waals surface area (Å²) in [7, 11) is 0. The van der Waals surface area contributed by atoms with Gasteiger partial charge in [0, 0.05) is 55.8 Å². The van der Waals surface area contributed by atoms with Gasteiger partial charge in [0.25, 0.3) is 0 Å². The van der Waals surface area contributed by atoms with Crippen molar-refractivity contribution in [1.82, 2.24) is 24.9 Å². The summed E-state index contributed by atoms with van der Waals surface area (Å²) < 4.78 is 5.56. The van der Waals surface area contributed by atoms with Gasteiger partial charge in [-0.15, -0.1) is 0 Å². The average Bonchev–Trinajstić information content (AvgIpc) is 3.29. The molecular weight excluding hydrogens is 358 g/mol. The minimum atomic E-state index is -0.207. The molecule has 3 fully saturated rings. The summed E-state index contributed by atoms with van der Waals surface area (Å²) in [5, 5.41) is 7.40. The first-order valence-electron chi connectivity index (χ1n) is 10.2. The van der Waals surface area contributed by atoms with E-state index in [1.165, 1.54) is 11.3 Å². The van der Waals surface area contributed by atoms with Crippen molar-refractivity contribution < 1.29 is 14.3 Å². The zero-order chi connectivity index (χ0) is 20.1. The molecule has 0 bridgehead atoms. The van der Waals surface area contributed by atoms with Gasteiger partial charge in [0.05, 0.1) is 18.8 Å². The topological polar surface area (TPSA) is 81.8 Å². The number of H-pyrrole nitrogens is 1. The summed E-state index contributed by atoms with van der Waals surface area (Å²) in [6.07, 6.45) is 3.42. The van der Waals surface area contributed by atoms with E-state index >= 15 is 0 Å². The minimum absolute atomic E-state index is 0.00863. The van der Waals surface area contributed by atoms with Gasteiger partial charge in [0.1, 0.15) is 6.10 Å². The lowest BCUT2D eigenvalue weighted by atomic mass is 9.89. The molecule has 4 heterocycles. The van der Waals surface area contributed by atoms with E-state index in [1.807, 2.05) is 11.1 Å². The molecule has 0 aliphatic carbocycles. The molecule has 3 aliphatic rings. The summed E-state index contributed by atoms with van der Waals surface area (Å²) in [4.78, 5) is 30.3. The third kappa shape index (κ3) is 3.50. The Morgan fingerprint density at radius 1 is 1.29 bits per heavy atom. The predicted octanol–water partition coefficient (Wildman–Crippen LogP) is 1.72. The van der Waals surface area contributed by atoms with Crippen LogP contribution in [0.2, 0.25) is 0 Å². The SMILES string of the molecule is CC(=O)N1C[C@@H]2OC(=O)N(C3CCN(Cc4cn[nH]c4C(C)(C)C)CC3)[C@@H]2C1. The first-order valence-corrected chi connectivity index (χ1v) is 10.2. The van der Waals surface area contributed by atoms with Gasteiger partial charge in [-0.3, -0.25) is 19.7 Å². The molecule has 1 N–H and O–H groups in total. The summed E-state index contributed by atoms with van der Waals surface area (Å²) in [5.41, 5.74) is 2.49. The average molecular weight is 390 g/mol. The fraction of sp³-hybridized carbons (Fsp3) is 0.750. The van der Waals surface area contributed by atoms with Gasteiger partial charge < -0.3 is 9.64 Å². The third-order valence-corrected chi connectivity index (χ3v) is 6.31. The predicted molar refractivity (Wildman–Crippen MR) is 104 cm³/mol. The molecule has 154 valence electrons. The second-order valence-corrected chi connectivity index (χ2v) is 9.35. The van der Waals surface area contributed by atoms with E-state index in [1.54, 1.807) is 11.8 Å². The van der Waals surface area contributed by atoms with E-state index in [-0.39, 0.29) is 35.6 Å². The molecule has 0 saturated carbocycles. The van der Waals surface area contributed by atoms with Crippen LogP contribution in [0.15, 0.2) is 6.20 Å². The Balaban J connectivity index is 1.36. The van der Waals surface area contributed by atoms with Gasteiger partial charge in [0.15, 0.2) is 0 Å². The molecule has 1 aromatic heterocycles. The summed E-state index contributed by atoms with van der Waals surface area (Å²) in [6.45, 7) is 12.0. The van der Waals surface area contributed by atoms with E-state index in [0.717, 1.165) is 32.5 Å². The second kappa shape index (κ2) is 7.06. The van der Waals surface area contributed by atoms with E-state index in [2.05, 4.69) is 35.9 Å². The van der Waals surface area contributed by atoms with Crippen molar-refractivity contribution in [1.29, 1.82) is 0 Å². The van der Waals surface area contributed by atoms with Gasteiger partial charge in [-0.25, -0.2) is 4.79 Å². The Kier molecular flexibility index (Phi) is 4.85. The maximum absolute atomic E-state index is 12.4. The molecule has 2 atom stereocenters. The number of amides is 2. The Morgan fingerprint density at radius 2 is 2.00 bits per heavy atom. The number of fused-ring (bicyclic) bond motifs is 1. The fourth-order valence-corrected chi connectivity index (χ4v) is 4.82. The number of hydrogen-bond acceptors (Lipinski definition) is 5. The number of aromatic nitrogens is 2. The number of nitrogens with zero attached hydrogens (tertiary/aromatic N) is 4. The lowest BCUT2D eigenvalue weighted by molar-refractivity contribution is -0.128. The zero-order valence-corrected chi connectivity index (χ0v) is 17.3. The van der Waals surface area contributed by atoms with Crippen molar-refractivity contribution >= 4 is 12.0 Å². The maximum Gasteiger partial charge on any atom is 0.410 e. The van der Waals surface area contributed by atoms with Crippen LogP contribution in [-0.2, 0) is 21.5 Å². The van der Waals surface area contributed by atoms with Gasteiger partial charge in [-0.1, -0.05) is 20.8 Å². The number of likely N-dealkylation sites (tertiary alicyclic amines) is 2. The van der Waals surface area contributed by atoms with Crippen molar-refractivity contribution in [3.8, 4) is 0 Å². The summed E-state index contributed by atoms with van der Waals surface area (Å²) in [5.74, 6) is 0.0509. The van der Waals surface area contributed by atoms with E-state index in [9.17, 15) is 9.59 Å². The van der Waals surface area contributed by atoms with Crippen LogP contribution in [0.1, 0.15) is 51.8 Å². The fourth-order valence-electron chi connectivity index (χ4n) is 4.82. The van der Waals surface area contributed by atoms with Crippen LogP contribution in [0.3, 0.4) is 0 Å². The van der Waals surface area contributed by atoms with Crippen molar-refractivity contribution in [3.05, 3.63) is 17.5 Å². The van der Waals surface area contributed by atoms with Crippen molar-refractivity contribution in [2.45, 2.75) is 70.7 Å². The van der Waals surface area contributed by atoms with Gasteiger partial charge in [0.2, 0.25) is 5.91 Å². The maximum atomic E-state index is 12.4. The molecule has 0 aromatic carbocycles. The highest BCUT2D eigenvalue weighted by atomic mass is 16.6. The monoisotopic (exact) mass is 389 g/mol. The summed E-state index contributed by atoms with van der Waals surface area (Å²) in [6, 6.07) is 0.200. The first kappa shape index (κ1) is 19.2. The molecule has 3 aliphatic heterocycles. The smallest absolute Gasteiger partial charge is 0.410 e. The third-order valence-electron chi connectivity index (χ3n) is 6.31. The van der Waals surface area contributed by atoms with Crippen LogP contribution in [0.25, 0.3) is 0 Å². The van der Waals surface area contributed by atoms with Crippen molar-refractivity contribution in [2.75, 3.05) is 26.2 Å². The quantitative estimate of drug-likeness (QED) is 0.851. The zero-order valence-electron chi connectivity index (χ0n) is 17.3. The van der Waals surface area contributed by atoms with Crippen LogP contribution in [-0.4, -0.2) is 81.3 Å². The van der Waals surface area contributed by atoms with Crippen LogP contribution in [0.5, 0.6) is 0 Å². The number of carbonyl (C=O) groups is 2. The minimum Gasteiger partial charge on any atom is -0.442 e. The highest BCUT2D eigenvalue weighted by Gasteiger charge is 2.50. The molecule has 0 unspecified atom stereocenters. The summed E-state index contributed by atoms with van der Waals surface area (Å²) >= 11 is 0. The van der Waals surface area contributed by atoms with Gasteiger partial charge in [-0.05, 0) is 12.8 Å². The van der Waals surface area contributed by atoms with Crippen LogP contribution in [0, 0.1) is 0 Å². The molecular formula is C20H31N5O3. The van der Waals surface area contributed by atoms with Crippen LogP contribution >= 0.6 is 0 Å². The number of carbonyl (C=O) groups excluding carboxylic acids is 2. The molecule has 8 heteroatoms. The molecule has 0 radical (unpaired) electrons. The molecule has 4 rings (SSSR count). The number of nitrogens with one attached hydrogen (secondary N) is 1. The van der Waals surface area contributed by atoms with E-state index < -0.39 is 0 Å². The Labute approximate surface area is 166 Å². The lowest BCUT2D eigenvalue weighted by Crippen LogP contribution is -2.50. The molecule has 3 saturated heterocycles. The largest absolute Gasteiger partial charge is 0.442 e. The van der Waals surface area contributed by atoms with Crippen LogP contribution in [0.4, 0.5) is 4.79 Å². The Hall–Kier alpha value is -2.09. The number of aromatic amines is 1. The van der Waals surface area contributed by atoms with Gasteiger partial charge >= 0.3 is 6.09 Å². The number of rotatable bonds is 3. The first-order chi connectivity index (χ1) is 13.2.